The molecular formula is C21H23ClN2OS. The van der Waals surface area contributed by atoms with E-state index < -0.39 is 16.8 Å². The highest BCUT2D eigenvalue weighted by Gasteiger charge is 2.38. The summed E-state index contributed by atoms with van der Waals surface area (Å²) in [6.07, 6.45) is 0.443. The van der Waals surface area contributed by atoms with Crippen molar-refractivity contribution in [1.29, 1.82) is 5.26 Å². The number of benzene rings is 2. The molecule has 2 unspecified atom stereocenters. The van der Waals surface area contributed by atoms with Gasteiger partial charge in [-0.3, -0.25) is 0 Å². The van der Waals surface area contributed by atoms with E-state index >= 15 is 0 Å². The quantitative estimate of drug-likeness (QED) is 0.489. The average Bonchev–Trinajstić information content (AvgIpc) is 2.61. The molecule has 2 rings (SSSR count). The summed E-state index contributed by atoms with van der Waals surface area (Å²) in [7, 11) is 0. The molecule has 0 radical (unpaired) electrons. The third kappa shape index (κ3) is 5.11. The molecule has 0 bridgehead atoms. The summed E-state index contributed by atoms with van der Waals surface area (Å²) >= 11 is 4.64. The fourth-order valence-corrected chi connectivity index (χ4v) is 4.04. The average molecular weight is 387 g/mol. The summed E-state index contributed by atoms with van der Waals surface area (Å²) in [5, 5.41) is 10.8. The van der Waals surface area contributed by atoms with Crippen LogP contribution in [0.5, 0.6) is 0 Å². The monoisotopic (exact) mass is 386 g/mol. The molecule has 0 saturated carbocycles. The van der Waals surface area contributed by atoms with Gasteiger partial charge in [-0.25, -0.2) is 0 Å². The van der Waals surface area contributed by atoms with Crippen molar-refractivity contribution in [2.75, 3.05) is 5.75 Å². The highest BCUT2D eigenvalue weighted by atomic mass is 35.5. The second-order valence-corrected chi connectivity index (χ2v) is 8.34. The van der Waals surface area contributed by atoms with Gasteiger partial charge in [0.05, 0.1) is 23.1 Å². The molecule has 2 atom stereocenters. The van der Waals surface area contributed by atoms with Gasteiger partial charge in [0.1, 0.15) is 11.2 Å². The Bertz CT molecular complexity index is 784. The van der Waals surface area contributed by atoms with Gasteiger partial charge in [0.2, 0.25) is 0 Å². The Morgan fingerprint density at radius 3 is 2.35 bits per heavy atom. The molecule has 0 aliphatic heterocycles. The first-order valence-corrected chi connectivity index (χ1v) is 10.2. The van der Waals surface area contributed by atoms with E-state index in [4.69, 9.17) is 11.6 Å². The molecule has 2 aromatic carbocycles. The van der Waals surface area contributed by atoms with Gasteiger partial charge < -0.3 is 4.55 Å². The van der Waals surface area contributed by atoms with Crippen molar-refractivity contribution in [3.05, 3.63) is 70.7 Å². The largest absolute Gasteiger partial charge is 0.591 e. The lowest BCUT2D eigenvalue weighted by atomic mass is 9.73. The van der Waals surface area contributed by atoms with Crippen molar-refractivity contribution in [1.82, 2.24) is 0 Å². The minimum Gasteiger partial charge on any atom is -0.591 e. The zero-order valence-corrected chi connectivity index (χ0v) is 16.8. The molecular weight excluding hydrogens is 364 g/mol. The van der Waals surface area contributed by atoms with Crippen LogP contribution < -0.4 is 0 Å². The van der Waals surface area contributed by atoms with E-state index in [1.165, 1.54) is 0 Å². The van der Waals surface area contributed by atoms with E-state index in [0.29, 0.717) is 22.9 Å². The summed E-state index contributed by atoms with van der Waals surface area (Å²) in [6.45, 7) is 5.81. The first-order valence-electron chi connectivity index (χ1n) is 8.53. The van der Waals surface area contributed by atoms with Crippen LogP contribution in [0.2, 0.25) is 5.02 Å². The van der Waals surface area contributed by atoms with Crippen LogP contribution in [-0.4, -0.2) is 16.0 Å². The molecule has 0 fully saturated rings. The number of rotatable bonds is 7. The standard InChI is InChI=1S/C21H23ClN2OS/c1-16(2)14-26(25)24-17(3)21(15-23,19-7-5-4-6-8-19)13-18-9-11-20(22)12-10-18/h4-12,16H,13-14H2,1-3H3. The molecule has 0 heterocycles. The van der Waals surface area contributed by atoms with E-state index in [1.54, 1.807) is 6.92 Å². The minimum absolute atomic E-state index is 0.275. The maximum Gasteiger partial charge on any atom is 0.135 e. The SMILES string of the molecule is CC(=N[S+]([O-])CC(C)C)C(C#N)(Cc1ccc(Cl)cc1)c1ccccc1. The van der Waals surface area contributed by atoms with Crippen LogP contribution in [0.25, 0.3) is 0 Å². The Balaban J connectivity index is 2.48. The molecule has 26 heavy (non-hydrogen) atoms. The molecule has 0 amide bonds. The summed E-state index contributed by atoms with van der Waals surface area (Å²) in [5.41, 5.74) is 1.42. The molecule has 2 aromatic rings. The molecule has 136 valence electrons. The van der Waals surface area contributed by atoms with Gasteiger partial charge in [-0.1, -0.05) is 72.3 Å². The topological polar surface area (TPSA) is 59.2 Å². The smallest absolute Gasteiger partial charge is 0.135 e. The van der Waals surface area contributed by atoms with Gasteiger partial charge in [-0.05, 0) is 30.2 Å². The van der Waals surface area contributed by atoms with Gasteiger partial charge >= 0.3 is 0 Å². The van der Waals surface area contributed by atoms with Crippen LogP contribution in [-0.2, 0) is 23.2 Å². The van der Waals surface area contributed by atoms with E-state index in [1.807, 2.05) is 68.4 Å². The number of halogens is 1. The second-order valence-electron chi connectivity index (χ2n) is 6.75. The zero-order chi connectivity index (χ0) is 19.2. The Kier molecular flexibility index (Phi) is 7.28. The van der Waals surface area contributed by atoms with Gasteiger partial charge in [0.15, 0.2) is 0 Å². The van der Waals surface area contributed by atoms with Crippen LogP contribution in [0.4, 0.5) is 0 Å². The molecule has 3 nitrogen and oxygen atoms in total. The van der Waals surface area contributed by atoms with Crippen molar-refractivity contribution in [2.45, 2.75) is 32.6 Å². The fourth-order valence-electron chi connectivity index (χ4n) is 2.81. The lowest BCUT2D eigenvalue weighted by Gasteiger charge is -2.27. The van der Waals surface area contributed by atoms with Crippen LogP contribution in [0, 0.1) is 17.2 Å². The van der Waals surface area contributed by atoms with Crippen molar-refractivity contribution in [3.8, 4) is 6.07 Å². The summed E-state index contributed by atoms with van der Waals surface area (Å²) in [4.78, 5) is 0. The van der Waals surface area contributed by atoms with Crippen molar-refractivity contribution in [3.63, 3.8) is 0 Å². The van der Waals surface area contributed by atoms with Gasteiger partial charge in [-0.2, -0.15) is 5.26 Å². The Morgan fingerprint density at radius 2 is 1.81 bits per heavy atom. The van der Waals surface area contributed by atoms with Gasteiger partial charge in [0, 0.05) is 17.4 Å². The summed E-state index contributed by atoms with van der Waals surface area (Å²) < 4.78 is 16.7. The van der Waals surface area contributed by atoms with E-state index in [-0.39, 0.29) is 5.92 Å². The Labute approximate surface area is 164 Å². The number of hydrogen-bond acceptors (Lipinski definition) is 3. The molecule has 0 aliphatic rings. The number of nitriles is 1. The van der Waals surface area contributed by atoms with Gasteiger partial charge in [0.25, 0.3) is 0 Å². The molecule has 0 spiro atoms. The Morgan fingerprint density at radius 1 is 1.19 bits per heavy atom. The normalized spacial score (nSPS) is 15.3. The fraction of sp³-hybridized carbons (Fsp3) is 0.333. The van der Waals surface area contributed by atoms with Crippen molar-refractivity contribution in [2.24, 2.45) is 10.3 Å². The first-order chi connectivity index (χ1) is 12.4. The van der Waals surface area contributed by atoms with Crippen molar-refractivity contribution < 1.29 is 4.55 Å². The number of nitrogens with zero attached hydrogens (tertiary/aromatic N) is 2. The maximum absolute atomic E-state index is 12.4. The summed E-state index contributed by atoms with van der Waals surface area (Å²) in [5.74, 6) is 0.756. The van der Waals surface area contributed by atoms with E-state index in [9.17, 15) is 9.81 Å². The minimum atomic E-state index is -1.35. The first kappa shape index (κ1) is 20.5. The highest BCUT2D eigenvalue weighted by molar-refractivity contribution is 7.90. The molecule has 0 saturated heterocycles. The molecule has 0 aromatic heterocycles. The van der Waals surface area contributed by atoms with E-state index in [2.05, 4.69) is 10.5 Å². The van der Waals surface area contributed by atoms with Gasteiger partial charge in [-0.15, -0.1) is 0 Å². The predicted molar refractivity (Wildman–Crippen MR) is 110 cm³/mol. The van der Waals surface area contributed by atoms with Crippen LogP contribution in [0.1, 0.15) is 31.9 Å². The van der Waals surface area contributed by atoms with Crippen LogP contribution in [0.3, 0.4) is 0 Å². The number of hydrogen-bond donors (Lipinski definition) is 0. The highest BCUT2D eigenvalue weighted by Crippen LogP contribution is 2.31. The predicted octanol–water partition coefficient (Wildman–Crippen LogP) is 5.12. The third-order valence-corrected chi connectivity index (χ3v) is 5.85. The second kappa shape index (κ2) is 9.23. The third-order valence-electron chi connectivity index (χ3n) is 4.17. The lowest BCUT2D eigenvalue weighted by Crippen LogP contribution is -2.36. The lowest BCUT2D eigenvalue weighted by molar-refractivity contribution is 0.582. The molecule has 0 N–H and O–H groups in total. The zero-order valence-electron chi connectivity index (χ0n) is 15.3. The van der Waals surface area contributed by atoms with Crippen molar-refractivity contribution >= 4 is 28.7 Å². The molecule has 0 aliphatic carbocycles. The van der Waals surface area contributed by atoms with Crippen LogP contribution in [0.15, 0.2) is 59.0 Å². The molecule has 5 heteroatoms. The maximum atomic E-state index is 12.4. The van der Waals surface area contributed by atoms with Crippen LogP contribution >= 0.6 is 11.6 Å². The Hall–Kier alpha value is -1.80. The summed E-state index contributed by atoms with van der Waals surface area (Å²) in [6, 6.07) is 19.5. The van der Waals surface area contributed by atoms with E-state index in [0.717, 1.165) is 11.1 Å².